The van der Waals surface area contributed by atoms with Gasteiger partial charge in [0.15, 0.2) is 0 Å². The van der Waals surface area contributed by atoms with Crippen molar-refractivity contribution in [3.05, 3.63) is 65.1 Å². The van der Waals surface area contributed by atoms with Crippen molar-refractivity contribution in [2.75, 3.05) is 5.32 Å². The lowest BCUT2D eigenvalue weighted by molar-refractivity contribution is -0.116. The van der Waals surface area contributed by atoms with Crippen molar-refractivity contribution in [3.8, 4) is 0 Å². The number of carbonyl (C=O) groups excluding carboxylic acids is 1. The van der Waals surface area contributed by atoms with Gasteiger partial charge in [0.2, 0.25) is 5.91 Å². The highest BCUT2D eigenvalue weighted by molar-refractivity contribution is 5.90. The molecule has 4 nitrogen and oxygen atoms in total. The van der Waals surface area contributed by atoms with E-state index in [2.05, 4.69) is 5.32 Å². The van der Waals surface area contributed by atoms with Gasteiger partial charge in [-0.05, 0) is 18.2 Å². The van der Waals surface area contributed by atoms with E-state index in [1.807, 2.05) is 18.2 Å². The van der Waals surface area contributed by atoms with Crippen LogP contribution < -0.4 is 10.9 Å². The van der Waals surface area contributed by atoms with Gasteiger partial charge in [-0.3, -0.25) is 9.59 Å². The molecule has 0 spiro atoms. The normalized spacial score (nSPS) is 9.88. The summed E-state index contributed by atoms with van der Waals surface area (Å²) in [7, 11) is 0. The Kier molecular flexibility index (Phi) is 3.35. The Morgan fingerprint density at radius 2 is 1.76 bits per heavy atom. The van der Waals surface area contributed by atoms with Crippen molar-refractivity contribution in [2.24, 2.45) is 0 Å². The first-order chi connectivity index (χ1) is 8.25. The van der Waals surface area contributed by atoms with Gasteiger partial charge >= 0.3 is 0 Å². The zero-order chi connectivity index (χ0) is 12.1. The summed E-state index contributed by atoms with van der Waals surface area (Å²) >= 11 is 0. The summed E-state index contributed by atoms with van der Waals surface area (Å²) in [5, 5.41) is 2.72. The first kappa shape index (κ1) is 11.1. The van der Waals surface area contributed by atoms with Crippen LogP contribution in [0.4, 0.5) is 5.69 Å². The fraction of sp³-hybridized carbons (Fsp3) is 0.0769. The molecular weight excluding hydrogens is 216 g/mol. The van der Waals surface area contributed by atoms with Crippen molar-refractivity contribution in [2.45, 2.75) is 6.54 Å². The van der Waals surface area contributed by atoms with Crippen molar-refractivity contribution in [1.82, 2.24) is 4.57 Å². The molecule has 0 aliphatic rings. The van der Waals surface area contributed by atoms with Crippen LogP contribution in [0.3, 0.4) is 0 Å². The predicted molar refractivity (Wildman–Crippen MR) is 65.8 cm³/mol. The quantitative estimate of drug-likeness (QED) is 0.865. The zero-order valence-electron chi connectivity index (χ0n) is 9.17. The van der Waals surface area contributed by atoms with Crippen LogP contribution in [-0.2, 0) is 11.3 Å². The van der Waals surface area contributed by atoms with Crippen molar-refractivity contribution < 1.29 is 4.79 Å². The molecule has 0 saturated heterocycles. The van der Waals surface area contributed by atoms with Gasteiger partial charge in [0.25, 0.3) is 5.56 Å². The molecule has 0 unspecified atom stereocenters. The molecule has 0 atom stereocenters. The van der Waals surface area contributed by atoms with Crippen LogP contribution in [0.15, 0.2) is 59.5 Å². The van der Waals surface area contributed by atoms with Crippen molar-refractivity contribution in [1.29, 1.82) is 0 Å². The lowest BCUT2D eigenvalue weighted by atomic mass is 10.3. The van der Waals surface area contributed by atoms with Crippen LogP contribution in [0, 0.1) is 0 Å². The molecule has 1 heterocycles. The molecule has 0 radical (unpaired) electrons. The monoisotopic (exact) mass is 228 g/mol. The lowest BCUT2D eigenvalue weighted by Crippen LogP contribution is -2.26. The van der Waals surface area contributed by atoms with E-state index in [1.54, 1.807) is 30.5 Å². The van der Waals surface area contributed by atoms with E-state index in [0.29, 0.717) is 0 Å². The molecule has 0 aliphatic carbocycles. The van der Waals surface area contributed by atoms with E-state index in [1.165, 1.54) is 10.6 Å². The van der Waals surface area contributed by atoms with Crippen LogP contribution in [0.25, 0.3) is 0 Å². The fourth-order valence-electron chi connectivity index (χ4n) is 1.47. The largest absolute Gasteiger partial charge is 0.325 e. The van der Waals surface area contributed by atoms with Gasteiger partial charge in [-0.2, -0.15) is 0 Å². The zero-order valence-corrected chi connectivity index (χ0v) is 9.17. The Balaban J connectivity index is 2.04. The predicted octanol–water partition coefficient (Wildman–Crippen LogP) is 1.49. The number of aromatic nitrogens is 1. The molecule has 1 aromatic carbocycles. The van der Waals surface area contributed by atoms with Crippen LogP contribution in [-0.4, -0.2) is 10.5 Å². The van der Waals surface area contributed by atoms with Gasteiger partial charge in [-0.25, -0.2) is 0 Å². The Hall–Kier alpha value is -2.36. The molecule has 1 amide bonds. The molecule has 1 N–H and O–H groups in total. The molecule has 0 aliphatic heterocycles. The van der Waals surface area contributed by atoms with Crippen LogP contribution in [0.1, 0.15) is 0 Å². The number of amides is 1. The highest BCUT2D eigenvalue weighted by Crippen LogP contribution is 2.04. The molecule has 86 valence electrons. The van der Waals surface area contributed by atoms with Gasteiger partial charge in [0.05, 0.1) is 0 Å². The number of pyridine rings is 1. The highest BCUT2D eigenvalue weighted by Gasteiger charge is 2.03. The van der Waals surface area contributed by atoms with Gasteiger partial charge in [-0.15, -0.1) is 0 Å². The maximum Gasteiger partial charge on any atom is 0.250 e. The summed E-state index contributed by atoms with van der Waals surface area (Å²) in [5.41, 5.74) is 0.539. The number of benzene rings is 1. The number of hydrogen-bond donors (Lipinski definition) is 1. The molecule has 2 rings (SSSR count). The number of anilines is 1. The Morgan fingerprint density at radius 3 is 2.47 bits per heavy atom. The van der Waals surface area contributed by atoms with Gasteiger partial charge in [0.1, 0.15) is 6.54 Å². The van der Waals surface area contributed by atoms with E-state index in [4.69, 9.17) is 0 Å². The minimum Gasteiger partial charge on any atom is -0.325 e. The van der Waals surface area contributed by atoms with Gasteiger partial charge < -0.3 is 9.88 Å². The minimum absolute atomic E-state index is 0.0224. The second-order valence-electron chi connectivity index (χ2n) is 3.58. The molecule has 17 heavy (non-hydrogen) atoms. The number of carbonyl (C=O) groups is 1. The summed E-state index contributed by atoms with van der Waals surface area (Å²) in [4.78, 5) is 23.1. The van der Waals surface area contributed by atoms with Crippen LogP contribution in [0.5, 0.6) is 0 Å². The van der Waals surface area contributed by atoms with E-state index in [9.17, 15) is 9.59 Å². The summed E-state index contributed by atoms with van der Waals surface area (Å²) in [6, 6.07) is 13.9. The van der Waals surface area contributed by atoms with Gasteiger partial charge in [0, 0.05) is 18.0 Å². The fourth-order valence-corrected chi connectivity index (χ4v) is 1.47. The van der Waals surface area contributed by atoms with E-state index in [-0.39, 0.29) is 18.0 Å². The molecule has 0 fully saturated rings. The maximum absolute atomic E-state index is 11.7. The first-order valence-electron chi connectivity index (χ1n) is 5.26. The summed E-state index contributed by atoms with van der Waals surface area (Å²) in [6.07, 6.45) is 1.59. The third-order valence-corrected chi connectivity index (χ3v) is 2.27. The minimum atomic E-state index is -0.218. The van der Waals surface area contributed by atoms with Crippen molar-refractivity contribution in [3.63, 3.8) is 0 Å². The Bertz CT molecular complexity index is 561. The van der Waals surface area contributed by atoms with Gasteiger partial charge in [-0.1, -0.05) is 24.3 Å². The maximum atomic E-state index is 11.7. The smallest absolute Gasteiger partial charge is 0.250 e. The highest BCUT2D eigenvalue weighted by atomic mass is 16.2. The standard InChI is InChI=1S/C13H12N2O2/c16-12(14-11-6-2-1-3-7-11)10-15-9-5-4-8-13(15)17/h1-9H,10H2,(H,14,16). The Morgan fingerprint density at radius 1 is 1.06 bits per heavy atom. The number of rotatable bonds is 3. The third kappa shape index (κ3) is 3.04. The third-order valence-electron chi connectivity index (χ3n) is 2.27. The van der Waals surface area contributed by atoms with E-state index < -0.39 is 0 Å². The topological polar surface area (TPSA) is 51.1 Å². The average molecular weight is 228 g/mol. The molecule has 4 heteroatoms. The second kappa shape index (κ2) is 5.12. The molecule has 0 saturated carbocycles. The summed E-state index contributed by atoms with van der Waals surface area (Å²) < 4.78 is 1.36. The average Bonchev–Trinajstić information content (AvgIpc) is 2.33. The second-order valence-corrected chi connectivity index (χ2v) is 3.58. The van der Waals surface area contributed by atoms with Crippen molar-refractivity contribution >= 4 is 11.6 Å². The first-order valence-corrected chi connectivity index (χ1v) is 5.26. The number of para-hydroxylation sites is 1. The van der Waals surface area contributed by atoms with E-state index in [0.717, 1.165) is 5.69 Å². The Labute approximate surface area is 98.5 Å². The number of hydrogen-bond acceptors (Lipinski definition) is 2. The molecule has 1 aromatic heterocycles. The summed E-state index contributed by atoms with van der Waals surface area (Å²) in [5.74, 6) is -0.218. The lowest BCUT2D eigenvalue weighted by Gasteiger charge is -2.06. The molecule has 0 bridgehead atoms. The van der Waals surface area contributed by atoms with Crippen LogP contribution >= 0.6 is 0 Å². The molecule has 2 aromatic rings. The van der Waals surface area contributed by atoms with E-state index >= 15 is 0 Å². The SMILES string of the molecule is O=C(Cn1ccccc1=O)Nc1ccccc1. The number of nitrogens with one attached hydrogen (secondary N) is 1. The number of nitrogens with zero attached hydrogens (tertiary/aromatic N) is 1. The summed E-state index contributed by atoms with van der Waals surface area (Å²) in [6.45, 7) is 0.0224. The molecular formula is C13H12N2O2. The van der Waals surface area contributed by atoms with Crippen LogP contribution in [0.2, 0.25) is 0 Å².